The molecule has 0 saturated heterocycles. The van der Waals surface area contributed by atoms with Crippen molar-refractivity contribution in [1.29, 1.82) is 0 Å². The third-order valence-electron chi connectivity index (χ3n) is 3.28. The predicted octanol–water partition coefficient (Wildman–Crippen LogP) is 2.58. The van der Waals surface area contributed by atoms with Crippen LogP contribution in [0, 0.1) is 18.3 Å². The number of rotatable bonds is 4. The predicted molar refractivity (Wildman–Crippen MR) is 56.8 cm³/mol. The Bertz CT molecular complexity index is 201. The maximum Gasteiger partial charge on any atom is 0.170 e. The fraction of sp³-hybridized carbons (Fsp3) is 0.833. The second-order valence-electron chi connectivity index (χ2n) is 3.91. The average molecular weight is 196 g/mol. The fourth-order valence-electron chi connectivity index (χ4n) is 2.43. The molecule has 1 rings (SSSR count). The third-order valence-corrected chi connectivity index (χ3v) is 3.28. The molecule has 0 aromatic carbocycles. The van der Waals surface area contributed by atoms with Crippen molar-refractivity contribution in [3.63, 3.8) is 0 Å². The van der Waals surface area contributed by atoms with Crippen molar-refractivity contribution in [2.24, 2.45) is 5.92 Å². The number of hydrogen-bond acceptors (Lipinski definition) is 2. The van der Waals surface area contributed by atoms with Gasteiger partial charge in [-0.25, -0.2) is 0 Å². The van der Waals surface area contributed by atoms with Crippen LogP contribution in [0.25, 0.3) is 0 Å². The van der Waals surface area contributed by atoms with E-state index >= 15 is 0 Å². The molecule has 2 heteroatoms. The minimum Gasteiger partial charge on any atom is -0.353 e. The quantitative estimate of drug-likeness (QED) is 0.508. The zero-order chi connectivity index (χ0) is 10.4. The Morgan fingerprint density at radius 2 is 2.07 bits per heavy atom. The van der Waals surface area contributed by atoms with Gasteiger partial charge in [-0.05, 0) is 19.3 Å². The van der Waals surface area contributed by atoms with Crippen LogP contribution in [0.3, 0.4) is 0 Å². The molecule has 14 heavy (non-hydrogen) atoms. The van der Waals surface area contributed by atoms with Gasteiger partial charge in [0.25, 0.3) is 0 Å². The second-order valence-corrected chi connectivity index (χ2v) is 3.91. The SMILES string of the molecule is C#CCC[C@H]1CCCCC1(OC)OC. The summed E-state index contributed by atoms with van der Waals surface area (Å²) < 4.78 is 11.1. The van der Waals surface area contributed by atoms with E-state index < -0.39 is 0 Å². The lowest BCUT2D eigenvalue weighted by molar-refractivity contribution is -0.255. The second kappa shape index (κ2) is 5.38. The molecule has 0 aromatic heterocycles. The maximum absolute atomic E-state index is 5.55. The van der Waals surface area contributed by atoms with E-state index in [0.29, 0.717) is 5.92 Å². The minimum atomic E-state index is -0.366. The molecule has 0 aliphatic heterocycles. The standard InChI is InChI=1S/C12H20O2/c1-4-5-8-11-9-6-7-10-12(11,13-2)14-3/h1,11H,5-10H2,2-3H3/t11-/m0/s1. The Hall–Kier alpha value is -0.520. The van der Waals surface area contributed by atoms with Gasteiger partial charge in [0.15, 0.2) is 5.79 Å². The first kappa shape index (κ1) is 11.6. The van der Waals surface area contributed by atoms with Gasteiger partial charge >= 0.3 is 0 Å². The van der Waals surface area contributed by atoms with Gasteiger partial charge in [0, 0.05) is 33.0 Å². The zero-order valence-corrected chi connectivity index (χ0v) is 9.21. The van der Waals surface area contributed by atoms with Gasteiger partial charge in [0.1, 0.15) is 0 Å². The normalized spacial score (nSPS) is 25.6. The van der Waals surface area contributed by atoms with Crippen molar-refractivity contribution in [2.45, 2.75) is 44.3 Å². The summed E-state index contributed by atoms with van der Waals surface area (Å²) in [6.07, 6.45) is 11.7. The summed E-state index contributed by atoms with van der Waals surface area (Å²) in [6, 6.07) is 0. The summed E-state index contributed by atoms with van der Waals surface area (Å²) in [5.74, 6) is 2.78. The molecule has 80 valence electrons. The van der Waals surface area contributed by atoms with Crippen molar-refractivity contribution in [3.8, 4) is 12.3 Å². The smallest absolute Gasteiger partial charge is 0.170 e. The van der Waals surface area contributed by atoms with Gasteiger partial charge in [0.05, 0.1) is 0 Å². The Morgan fingerprint density at radius 3 is 2.64 bits per heavy atom. The molecule has 1 fully saturated rings. The topological polar surface area (TPSA) is 18.5 Å². The molecule has 0 spiro atoms. The van der Waals surface area contributed by atoms with Crippen molar-refractivity contribution >= 4 is 0 Å². The molecule has 2 nitrogen and oxygen atoms in total. The van der Waals surface area contributed by atoms with Gasteiger partial charge < -0.3 is 9.47 Å². The Balaban J connectivity index is 2.62. The van der Waals surface area contributed by atoms with Gasteiger partial charge in [-0.15, -0.1) is 12.3 Å². The van der Waals surface area contributed by atoms with Crippen molar-refractivity contribution in [2.75, 3.05) is 14.2 Å². The molecule has 0 N–H and O–H groups in total. The molecule has 0 unspecified atom stereocenters. The van der Waals surface area contributed by atoms with Gasteiger partial charge in [-0.1, -0.05) is 6.42 Å². The monoisotopic (exact) mass is 196 g/mol. The highest BCUT2D eigenvalue weighted by Gasteiger charge is 2.40. The number of ether oxygens (including phenoxy) is 2. The van der Waals surface area contributed by atoms with Gasteiger partial charge in [-0.2, -0.15) is 0 Å². The molecular formula is C12H20O2. The highest BCUT2D eigenvalue weighted by Crippen LogP contribution is 2.39. The van der Waals surface area contributed by atoms with E-state index in [0.717, 1.165) is 19.3 Å². The third kappa shape index (κ3) is 2.29. The van der Waals surface area contributed by atoms with E-state index in [-0.39, 0.29) is 5.79 Å². The molecule has 1 aliphatic rings. The van der Waals surface area contributed by atoms with Crippen LogP contribution in [0.2, 0.25) is 0 Å². The Labute approximate surface area is 87.0 Å². The van der Waals surface area contributed by atoms with E-state index in [1.807, 2.05) is 0 Å². The molecule has 0 heterocycles. The van der Waals surface area contributed by atoms with Crippen molar-refractivity contribution < 1.29 is 9.47 Å². The Morgan fingerprint density at radius 1 is 1.36 bits per heavy atom. The highest BCUT2D eigenvalue weighted by atomic mass is 16.7. The molecular weight excluding hydrogens is 176 g/mol. The fourth-order valence-corrected chi connectivity index (χ4v) is 2.43. The van der Waals surface area contributed by atoms with Crippen LogP contribution in [0.1, 0.15) is 38.5 Å². The number of methoxy groups -OCH3 is 2. The highest BCUT2D eigenvalue weighted by molar-refractivity contribution is 4.89. The molecule has 1 aliphatic carbocycles. The van der Waals surface area contributed by atoms with Crippen LogP contribution in [-0.4, -0.2) is 20.0 Å². The maximum atomic E-state index is 5.55. The molecule has 1 saturated carbocycles. The van der Waals surface area contributed by atoms with Crippen LogP contribution in [-0.2, 0) is 9.47 Å². The largest absolute Gasteiger partial charge is 0.353 e. The van der Waals surface area contributed by atoms with Crippen LogP contribution in [0.4, 0.5) is 0 Å². The zero-order valence-electron chi connectivity index (χ0n) is 9.21. The number of hydrogen-bond donors (Lipinski definition) is 0. The first-order chi connectivity index (χ1) is 6.79. The number of terminal acetylenes is 1. The minimum absolute atomic E-state index is 0.366. The van der Waals surface area contributed by atoms with E-state index in [9.17, 15) is 0 Å². The summed E-state index contributed by atoms with van der Waals surface area (Å²) in [5, 5.41) is 0. The average Bonchev–Trinajstić information content (AvgIpc) is 2.26. The molecule has 0 bridgehead atoms. The molecule has 0 aromatic rings. The Kier molecular flexibility index (Phi) is 4.44. The lowest BCUT2D eigenvalue weighted by atomic mass is 9.80. The lowest BCUT2D eigenvalue weighted by Gasteiger charge is -2.41. The van der Waals surface area contributed by atoms with E-state index in [1.54, 1.807) is 14.2 Å². The van der Waals surface area contributed by atoms with Crippen molar-refractivity contribution in [3.05, 3.63) is 0 Å². The molecule has 0 radical (unpaired) electrons. The van der Waals surface area contributed by atoms with Gasteiger partial charge in [0.2, 0.25) is 0 Å². The van der Waals surface area contributed by atoms with E-state index in [4.69, 9.17) is 15.9 Å². The van der Waals surface area contributed by atoms with Crippen LogP contribution >= 0.6 is 0 Å². The molecule has 1 atom stereocenters. The van der Waals surface area contributed by atoms with Crippen molar-refractivity contribution in [1.82, 2.24) is 0 Å². The van der Waals surface area contributed by atoms with E-state index in [1.165, 1.54) is 19.3 Å². The summed E-state index contributed by atoms with van der Waals surface area (Å²) in [7, 11) is 3.47. The first-order valence-electron chi connectivity index (χ1n) is 5.33. The van der Waals surface area contributed by atoms with Gasteiger partial charge in [-0.3, -0.25) is 0 Å². The first-order valence-corrected chi connectivity index (χ1v) is 5.33. The summed E-state index contributed by atoms with van der Waals surface area (Å²) in [5.41, 5.74) is 0. The van der Waals surface area contributed by atoms with Crippen LogP contribution in [0.15, 0.2) is 0 Å². The van der Waals surface area contributed by atoms with Crippen LogP contribution in [0.5, 0.6) is 0 Å². The van der Waals surface area contributed by atoms with E-state index in [2.05, 4.69) is 5.92 Å². The summed E-state index contributed by atoms with van der Waals surface area (Å²) in [6.45, 7) is 0. The van der Waals surface area contributed by atoms with Crippen LogP contribution < -0.4 is 0 Å². The molecule has 0 amide bonds. The lowest BCUT2D eigenvalue weighted by Crippen LogP contribution is -2.44. The summed E-state index contributed by atoms with van der Waals surface area (Å²) in [4.78, 5) is 0. The summed E-state index contributed by atoms with van der Waals surface area (Å²) >= 11 is 0.